The summed E-state index contributed by atoms with van der Waals surface area (Å²) in [5.41, 5.74) is 3.41. The van der Waals surface area contributed by atoms with Gasteiger partial charge in [-0.15, -0.1) is 0 Å². The van der Waals surface area contributed by atoms with Crippen molar-refractivity contribution in [3.05, 3.63) is 61.2 Å². The fourth-order valence-corrected chi connectivity index (χ4v) is 2.68. The Balaban J connectivity index is 1.84. The fourth-order valence-electron chi connectivity index (χ4n) is 2.68. The van der Waals surface area contributed by atoms with Gasteiger partial charge in [0.1, 0.15) is 29.2 Å². The molecule has 4 rings (SSSR count). The Morgan fingerprint density at radius 3 is 2.42 bits per heavy atom. The van der Waals surface area contributed by atoms with Gasteiger partial charge in [-0.1, -0.05) is 0 Å². The third-order valence-corrected chi connectivity index (χ3v) is 4.01. The van der Waals surface area contributed by atoms with Gasteiger partial charge >= 0.3 is 0 Å². The number of aromatic nitrogens is 4. The smallest absolute Gasteiger partial charge is 0.218 e. The third kappa shape index (κ3) is 2.90. The number of benzene rings is 1. The molecule has 0 unspecified atom stereocenters. The molecule has 0 amide bonds. The number of fused-ring (bicyclic) bond motifs is 1. The molecule has 0 saturated heterocycles. The third-order valence-electron chi connectivity index (χ3n) is 4.01. The Bertz CT molecular complexity index is 1030. The predicted molar refractivity (Wildman–Crippen MR) is 99.0 cm³/mol. The average molecular weight is 347 g/mol. The summed E-state index contributed by atoms with van der Waals surface area (Å²) >= 11 is 0. The van der Waals surface area contributed by atoms with Crippen LogP contribution in [0, 0.1) is 0 Å². The lowest BCUT2D eigenvalue weighted by molar-refractivity contribution is 0.397. The molecule has 0 aliphatic carbocycles. The number of hydrogen-bond acceptors (Lipinski definition) is 6. The molecular formula is C19H17N5O2. The van der Waals surface area contributed by atoms with Gasteiger partial charge in [0.2, 0.25) is 5.88 Å². The van der Waals surface area contributed by atoms with Gasteiger partial charge in [-0.2, -0.15) is 0 Å². The molecule has 0 aliphatic heterocycles. The second-order valence-electron chi connectivity index (χ2n) is 5.56. The van der Waals surface area contributed by atoms with E-state index in [2.05, 4.69) is 15.3 Å². The van der Waals surface area contributed by atoms with Crippen molar-refractivity contribution in [3.8, 4) is 22.9 Å². The van der Waals surface area contributed by atoms with E-state index in [1.165, 1.54) is 0 Å². The summed E-state index contributed by atoms with van der Waals surface area (Å²) in [7, 11) is 3.23. The Hall–Kier alpha value is -3.61. The van der Waals surface area contributed by atoms with Crippen LogP contribution in [0.15, 0.2) is 61.2 Å². The largest absolute Gasteiger partial charge is 0.497 e. The zero-order valence-corrected chi connectivity index (χ0v) is 14.4. The van der Waals surface area contributed by atoms with Gasteiger partial charge in [0.25, 0.3) is 0 Å². The number of anilines is 2. The minimum atomic E-state index is 0.514. The number of methoxy groups -OCH3 is 2. The molecule has 1 N–H and O–H groups in total. The minimum absolute atomic E-state index is 0.514. The lowest BCUT2D eigenvalue weighted by atomic mass is 10.2. The van der Waals surface area contributed by atoms with Crippen LogP contribution >= 0.6 is 0 Å². The molecule has 130 valence electrons. The summed E-state index contributed by atoms with van der Waals surface area (Å²) in [6, 6.07) is 13.3. The molecule has 3 heterocycles. The fraction of sp³-hybridized carbons (Fsp3) is 0.105. The van der Waals surface area contributed by atoms with E-state index in [1.807, 2.05) is 40.8 Å². The monoisotopic (exact) mass is 347 g/mol. The van der Waals surface area contributed by atoms with Gasteiger partial charge in [-0.05, 0) is 36.4 Å². The molecule has 0 aliphatic rings. The number of nitrogens with zero attached hydrogens (tertiary/aromatic N) is 4. The lowest BCUT2D eigenvalue weighted by Gasteiger charge is -2.09. The molecule has 3 aromatic heterocycles. The summed E-state index contributed by atoms with van der Waals surface area (Å²) < 4.78 is 12.3. The number of hydrogen-bond donors (Lipinski definition) is 1. The SMILES string of the molecule is COc1ccc(Nc2c(-c3ccncc3)nc3cc(OC)ncn23)cc1. The lowest BCUT2D eigenvalue weighted by Crippen LogP contribution is -1.98. The molecule has 0 saturated carbocycles. The molecular weight excluding hydrogens is 330 g/mol. The highest BCUT2D eigenvalue weighted by Crippen LogP contribution is 2.31. The number of imidazole rings is 1. The van der Waals surface area contributed by atoms with Gasteiger partial charge in [-0.25, -0.2) is 9.97 Å². The van der Waals surface area contributed by atoms with Gasteiger partial charge in [-0.3, -0.25) is 9.38 Å². The predicted octanol–water partition coefficient (Wildman–Crippen LogP) is 3.55. The quantitative estimate of drug-likeness (QED) is 0.595. The first-order chi connectivity index (χ1) is 12.8. The molecule has 0 atom stereocenters. The highest BCUT2D eigenvalue weighted by atomic mass is 16.5. The van der Waals surface area contributed by atoms with Crippen LogP contribution in [0.2, 0.25) is 0 Å². The second-order valence-corrected chi connectivity index (χ2v) is 5.56. The van der Waals surface area contributed by atoms with Crippen molar-refractivity contribution >= 4 is 17.2 Å². The summed E-state index contributed by atoms with van der Waals surface area (Å²) in [4.78, 5) is 13.1. The number of ether oxygens (including phenoxy) is 2. The number of rotatable bonds is 5. The maximum atomic E-state index is 5.22. The minimum Gasteiger partial charge on any atom is -0.497 e. The van der Waals surface area contributed by atoms with Crippen LogP contribution in [0.3, 0.4) is 0 Å². The summed E-state index contributed by atoms with van der Waals surface area (Å²) in [6.07, 6.45) is 5.18. The second kappa shape index (κ2) is 6.72. The zero-order valence-electron chi connectivity index (χ0n) is 14.4. The maximum Gasteiger partial charge on any atom is 0.218 e. The van der Waals surface area contributed by atoms with Crippen molar-refractivity contribution in [2.24, 2.45) is 0 Å². The first-order valence-corrected chi connectivity index (χ1v) is 8.02. The number of pyridine rings is 1. The van der Waals surface area contributed by atoms with Gasteiger partial charge < -0.3 is 14.8 Å². The van der Waals surface area contributed by atoms with Gasteiger partial charge in [0.15, 0.2) is 0 Å². The van der Waals surface area contributed by atoms with E-state index in [-0.39, 0.29) is 0 Å². The van der Waals surface area contributed by atoms with Crippen LogP contribution in [-0.2, 0) is 0 Å². The van der Waals surface area contributed by atoms with E-state index in [1.54, 1.807) is 39.0 Å². The van der Waals surface area contributed by atoms with Crippen LogP contribution in [0.5, 0.6) is 11.6 Å². The van der Waals surface area contributed by atoms with Crippen LogP contribution in [0.1, 0.15) is 0 Å². The molecule has 0 spiro atoms. The first kappa shape index (κ1) is 15.9. The van der Waals surface area contributed by atoms with Crippen LogP contribution in [0.25, 0.3) is 16.9 Å². The molecule has 26 heavy (non-hydrogen) atoms. The maximum absolute atomic E-state index is 5.22. The van der Waals surface area contributed by atoms with Crippen molar-refractivity contribution in [2.75, 3.05) is 19.5 Å². The van der Waals surface area contributed by atoms with Crippen molar-refractivity contribution in [3.63, 3.8) is 0 Å². The summed E-state index contributed by atoms with van der Waals surface area (Å²) in [6.45, 7) is 0. The van der Waals surface area contributed by atoms with Crippen molar-refractivity contribution in [1.29, 1.82) is 0 Å². The highest BCUT2D eigenvalue weighted by Gasteiger charge is 2.15. The van der Waals surface area contributed by atoms with Crippen LogP contribution in [-0.4, -0.2) is 33.6 Å². The van der Waals surface area contributed by atoms with Crippen molar-refractivity contribution in [1.82, 2.24) is 19.4 Å². The van der Waals surface area contributed by atoms with Crippen molar-refractivity contribution in [2.45, 2.75) is 0 Å². The van der Waals surface area contributed by atoms with E-state index in [4.69, 9.17) is 14.5 Å². The van der Waals surface area contributed by atoms with Crippen LogP contribution in [0.4, 0.5) is 11.5 Å². The number of nitrogens with one attached hydrogen (secondary N) is 1. The molecule has 4 aromatic rings. The molecule has 7 nitrogen and oxygen atoms in total. The van der Waals surface area contributed by atoms with E-state index in [9.17, 15) is 0 Å². The van der Waals surface area contributed by atoms with E-state index >= 15 is 0 Å². The molecule has 0 radical (unpaired) electrons. The van der Waals surface area contributed by atoms with Gasteiger partial charge in [0, 0.05) is 29.7 Å². The Labute approximate surface area is 150 Å². The normalized spacial score (nSPS) is 10.7. The van der Waals surface area contributed by atoms with E-state index < -0.39 is 0 Å². The van der Waals surface area contributed by atoms with Gasteiger partial charge in [0.05, 0.1) is 14.2 Å². The van der Waals surface area contributed by atoms with Crippen molar-refractivity contribution < 1.29 is 9.47 Å². The molecule has 1 aromatic carbocycles. The zero-order chi connectivity index (χ0) is 17.9. The first-order valence-electron chi connectivity index (χ1n) is 8.02. The Morgan fingerprint density at radius 2 is 1.73 bits per heavy atom. The molecule has 7 heteroatoms. The standard InChI is InChI=1S/C19H17N5O2/c1-25-15-5-3-14(4-6-15)22-19-18(13-7-9-20-10-8-13)23-16-11-17(26-2)21-12-24(16)19/h3-12,22H,1-2H3. The summed E-state index contributed by atoms with van der Waals surface area (Å²) in [5.74, 6) is 2.13. The van der Waals surface area contributed by atoms with E-state index in [0.717, 1.165) is 34.2 Å². The summed E-state index contributed by atoms with van der Waals surface area (Å²) in [5, 5.41) is 3.43. The van der Waals surface area contributed by atoms with Crippen LogP contribution < -0.4 is 14.8 Å². The highest BCUT2D eigenvalue weighted by molar-refractivity contribution is 5.79. The Morgan fingerprint density at radius 1 is 0.962 bits per heavy atom. The molecule has 0 fully saturated rings. The van der Waals surface area contributed by atoms with E-state index in [0.29, 0.717) is 5.88 Å². The Kier molecular flexibility index (Phi) is 4.10. The average Bonchev–Trinajstić information content (AvgIpc) is 3.06. The topological polar surface area (TPSA) is 73.6 Å². The molecule has 0 bridgehead atoms.